The molecule has 0 amide bonds. The summed E-state index contributed by atoms with van der Waals surface area (Å²) in [5.41, 5.74) is 7.25. The summed E-state index contributed by atoms with van der Waals surface area (Å²) in [6.07, 6.45) is 2.89. The van der Waals surface area contributed by atoms with Crippen LogP contribution in [0.2, 0.25) is 0 Å². The molecule has 1 saturated heterocycles. The summed E-state index contributed by atoms with van der Waals surface area (Å²) < 4.78 is 33.3. The molecule has 0 unspecified atom stereocenters. The molecule has 212 valence electrons. The number of hydrogen-bond acceptors (Lipinski definition) is 6. The molecule has 9 nitrogen and oxygen atoms in total. The fraction of sp³-hybridized carbons (Fsp3) is 0.233. The maximum atomic E-state index is 12.2. The molecule has 0 aliphatic carbocycles. The summed E-state index contributed by atoms with van der Waals surface area (Å²) in [7, 11) is -2.06. The highest BCUT2D eigenvalue weighted by Crippen LogP contribution is 2.44. The van der Waals surface area contributed by atoms with Crippen molar-refractivity contribution in [2.75, 3.05) is 23.0 Å². The lowest BCUT2D eigenvalue weighted by Crippen LogP contribution is -2.29. The topological polar surface area (TPSA) is 106 Å². The SMILES string of the molecule is COC(=O)c1cccc(-n2c(C)cc([C@H]3[C@@H](c4ccccn4)NC(=S)N3c3ccc(NS(C)(=O)=O)c(C)c3)c2C)c1. The second-order valence-corrected chi connectivity index (χ2v) is 12.2. The van der Waals surface area contributed by atoms with Crippen molar-refractivity contribution in [1.29, 1.82) is 0 Å². The number of aromatic nitrogens is 2. The van der Waals surface area contributed by atoms with Crippen molar-refractivity contribution in [3.05, 3.63) is 107 Å². The lowest BCUT2D eigenvalue weighted by atomic mass is 9.96. The third kappa shape index (κ3) is 5.55. The van der Waals surface area contributed by atoms with Gasteiger partial charge in [-0.05, 0) is 98.7 Å². The molecule has 5 rings (SSSR count). The third-order valence-electron chi connectivity index (χ3n) is 7.20. The number of aryl methyl sites for hydroxylation is 2. The van der Waals surface area contributed by atoms with Crippen LogP contribution in [0, 0.1) is 20.8 Å². The van der Waals surface area contributed by atoms with Crippen LogP contribution in [0.1, 0.15) is 50.7 Å². The lowest BCUT2D eigenvalue weighted by Gasteiger charge is -2.29. The first-order valence-corrected chi connectivity index (χ1v) is 15.2. The van der Waals surface area contributed by atoms with Crippen molar-refractivity contribution in [1.82, 2.24) is 14.9 Å². The van der Waals surface area contributed by atoms with Gasteiger partial charge in [0.2, 0.25) is 10.0 Å². The summed E-state index contributed by atoms with van der Waals surface area (Å²) in [6, 6.07) is 20.3. The number of sulfonamides is 1. The molecule has 2 atom stereocenters. The number of carbonyl (C=O) groups is 1. The quantitative estimate of drug-likeness (QED) is 0.226. The van der Waals surface area contributed by atoms with Crippen LogP contribution in [-0.2, 0) is 14.8 Å². The average molecular weight is 590 g/mol. The molecule has 2 aromatic carbocycles. The van der Waals surface area contributed by atoms with Crippen LogP contribution in [-0.4, -0.2) is 42.4 Å². The van der Waals surface area contributed by atoms with Gasteiger partial charge < -0.3 is 19.5 Å². The molecule has 4 aromatic rings. The molecule has 0 radical (unpaired) electrons. The molecule has 1 aliphatic heterocycles. The number of anilines is 2. The van der Waals surface area contributed by atoms with E-state index < -0.39 is 16.0 Å². The van der Waals surface area contributed by atoms with Crippen LogP contribution in [0.25, 0.3) is 5.69 Å². The monoisotopic (exact) mass is 589 g/mol. The Hall–Kier alpha value is -4.22. The standard InChI is InChI=1S/C30H31N5O4S2/c1-18-15-23(12-13-25(18)33-41(5,37)38)35-28(27(32-30(35)40)26-11-6-7-14-31-26)24-16-19(2)34(20(24)3)22-10-8-9-21(17-22)29(36)39-4/h6-17,27-28,33H,1-5H3,(H,32,40)/t27-,28+/m1/s1. The van der Waals surface area contributed by atoms with Gasteiger partial charge in [0.1, 0.15) is 0 Å². The van der Waals surface area contributed by atoms with Crippen LogP contribution in [0.4, 0.5) is 11.4 Å². The molecule has 0 bridgehead atoms. The minimum Gasteiger partial charge on any atom is -0.465 e. The Morgan fingerprint density at radius 3 is 2.46 bits per heavy atom. The third-order valence-corrected chi connectivity index (χ3v) is 8.10. The molecule has 3 heterocycles. The number of benzene rings is 2. The molecular weight excluding hydrogens is 558 g/mol. The summed E-state index contributed by atoms with van der Waals surface area (Å²) >= 11 is 5.89. The van der Waals surface area contributed by atoms with Crippen molar-refractivity contribution in [3.8, 4) is 5.69 Å². The number of nitrogens with one attached hydrogen (secondary N) is 2. The van der Waals surface area contributed by atoms with Crippen molar-refractivity contribution >= 4 is 44.7 Å². The zero-order chi connectivity index (χ0) is 29.5. The highest BCUT2D eigenvalue weighted by Gasteiger charge is 2.42. The predicted octanol–water partition coefficient (Wildman–Crippen LogP) is 5.13. The number of ether oxygens (including phenoxy) is 1. The predicted molar refractivity (Wildman–Crippen MR) is 164 cm³/mol. The molecule has 1 aliphatic rings. The van der Waals surface area contributed by atoms with Gasteiger partial charge in [-0.15, -0.1) is 0 Å². The second kappa shape index (κ2) is 11.0. The van der Waals surface area contributed by atoms with Crippen molar-refractivity contribution in [3.63, 3.8) is 0 Å². The first kappa shape index (κ1) is 28.3. The van der Waals surface area contributed by atoms with Gasteiger partial charge >= 0.3 is 5.97 Å². The summed E-state index contributed by atoms with van der Waals surface area (Å²) in [5, 5.41) is 4.01. The Morgan fingerprint density at radius 1 is 1.02 bits per heavy atom. The molecule has 11 heteroatoms. The highest BCUT2D eigenvalue weighted by atomic mass is 32.2. The number of pyridine rings is 1. The molecule has 2 N–H and O–H groups in total. The first-order valence-electron chi connectivity index (χ1n) is 12.9. The van der Waals surface area contributed by atoms with E-state index in [1.54, 1.807) is 18.3 Å². The van der Waals surface area contributed by atoms with Crippen molar-refractivity contribution < 1.29 is 17.9 Å². The highest BCUT2D eigenvalue weighted by molar-refractivity contribution is 7.92. The Morgan fingerprint density at radius 2 is 1.80 bits per heavy atom. The number of esters is 1. The lowest BCUT2D eigenvalue weighted by molar-refractivity contribution is 0.0600. The number of nitrogens with zero attached hydrogens (tertiary/aromatic N) is 3. The number of carbonyl (C=O) groups excluding carboxylic acids is 1. The molecule has 0 saturated carbocycles. The summed E-state index contributed by atoms with van der Waals surface area (Å²) in [5.74, 6) is -0.398. The van der Waals surface area contributed by atoms with E-state index in [1.165, 1.54) is 7.11 Å². The van der Waals surface area contributed by atoms with Gasteiger partial charge in [-0.3, -0.25) is 9.71 Å². The van der Waals surface area contributed by atoms with Gasteiger partial charge in [0.15, 0.2) is 5.11 Å². The normalized spacial score (nSPS) is 16.9. The van der Waals surface area contributed by atoms with E-state index in [4.69, 9.17) is 17.0 Å². The second-order valence-electron chi connectivity index (χ2n) is 10.1. The van der Waals surface area contributed by atoms with E-state index in [2.05, 4.69) is 30.6 Å². The van der Waals surface area contributed by atoms with Crippen LogP contribution in [0.3, 0.4) is 0 Å². The van der Waals surface area contributed by atoms with Gasteiger partial charge in [-0.1, -0.05) is 12.1 Å². The minimum absolute atomic E-state index is 0.256. The smallest absolute Gasteiger partial charge is 0.337 e. The van der Waals surface area contributed by atoms with E-state index >= 15 is 0 Å². The van der Waals surface area contributed by atoms with Crippen LogP contribution in [0.5, 0.6) is 0 Å². The van der Waals surface area contributed by atoms with Crippen LogP contribution < -0.4 is 14.9 Å². The van der Waals surface area contributed by atoms with Gasteiger partial charge in [-0.25, -0.2) is 13.2 Å². The van der Waals surface area contributed by atoms with Gasteiger partial charge in [0, 0.05) is 29.0 Å². The number of thiocarbonyl (C=S) groups is 1. The van der Waals surface area contributed by atoms with Gasteiger partial charge in [-0.2, -0.15) is 0 Å². The molecule has 41 heavy (non-hydrogen) atoms. The maximum absolute atomic E-state index is 12.2. The van der Waals surface area contributed by atoms with E-state index in [0.717, 1.165) is 45.8 Å². The van der Waals surface area contributed by atoms with Crippen molar-refractivity contribution in [2.24, 2.45) is 0 Å². The molecule has 0 spiro atoms. The van der Waals surface area contributed by atoms with Crippen molar-refractivity contribution in [2.45, 2.75) is 32.9 Å². The largest absolute Gasteiger partial charge is 0.465 e. The van der Waals surface area contributed by atoms with E-state index in [0.29, 0.717) is 16.4 Å². The number of rotatable bonds is 7. The Bertz CT molecular complexity index is 1750. The number of methoxy groups -OCH3 is 1. The summed E-state index contributed by atoms with van der Waals surface area (Å²) in [4.78, 5) is 18.9. The zero-order valence-electron chi connectivity index (χ0n) is 23.4. The molecule has 1 fully saturated rings. The van der Waals surface area contributed by atoms with E-state index in [-0.39, 0.29) is 12.1 Å². The number of hydrogen-bond donors (Lipinski definition) is 2. The fourth-order valence-electron chi connectivity index (χ4n) is 5.44. The first-order chi connectivity index (χ1) is 19.5. The van der Waals surface area contributed by atoms with E-state index in [1.807, 2.05) is 69.3 Å². The Labute approximate surface area is 245 Å². The van der Waals surface area contributed by atoms with Gasteiger partial charge in [0.25, 0.3) is 0 Å². The Kier molecular flexibility index (Phi) is 7.58. The summed E-state index contributed by atoms with van der Waals surface area (Å²) in [6.45, 7) is 5.93. The zero-order valence-corrected chi connectivity index (χ0v) is 25.0. The molecule has 2 aromatic heterocycles. The minimum atomic E-state index is -3.43. The van der Waals surface area contributed by atoms with Crippen LogP contribution in [0.15, 0.2) is 72.9 Å². The van der Waals surface area contributed by atoms with Crippen LogP contribution >= 0.6 is 12.2 Å². The maximum Gasteiger partial charge on any atom is 0.337 e. The van der Waals surface area contributed by atoms with Gasteiger partial charge in [0.05, 0.1) is 42.4 Å². The fourth-order valence-corrected chi connectivity index (χ4v) is 6.41. The molecular formula is C30H31N5O4S2. The average Bonchev–Trinajstić information content (AvgIpc) is 3.43. The van der Waals surface area contributed by atoms with E-state index in [9.17, 15) is 13.2 Å². The Balaban J connectivity index is 1.65.